The van der Waals surface area contributed by atoms with Crippen molar-refractivity contribution in [1.29, 1.82) is 5.26 Å². The summed E-state index contributed by atoms with van der Waals surface area (Å²) in [5.41, 5.74) is 0.398. The summed E-state index contributed by atoms with van der Waals surface area (Å²) in [6, 6.07) is 8.70. The van der Waals surface area contributed by atoms with E-state index in [9.17, 15) is 13.2 Å². The maximum absolute atomic E-state index is 12.3. The molecule has 1 heterocycles. The quantitative estimate of drug-likeness (QED) is 0.598. The summed E-state index contributed by atoms with van der Waals surface area (Å²) < 4.78 is 43.0. The van der Waals surface area contributed by atoms with Crippen molar-refractivity contribution in [2.45, 2.75) is 17.9 Å². The Balaban J connectivity index is 1.85. The van der Waals surface area contributed by atoms with Gasteiger partial charge in [0.15, 0.2) is 0 Å². The number of ether oxygens (including phenoxy) is 1. The molecule has 0 aliphatic carbocycles. The van der Waals surface area contributed by atoms with Crippen LogP contribution in [-0.4, -0.2) is 38.7 Å². The lowest BCUT2D eigenvalue weighted by molar-refractivity contribution is -0.144. The summed E-state index contributed by atoms with van der Waals surface area (Å²) in [4.78, 5) is 0. The van der Waals surface area contributed by atoms with E-state index < -0.39 is 12.7 Å². The van der Waals surface area contributed by atoms with Crippen molar-refractivity contribution >= 4 is 11.8 Å². The van der Waals surface area contributed by atoms with Crippen LogP contribution in [0.3, 0.4) is 0 Å². The number of thioether (sulfide) groups is 1. The van der Waals surface area contributed by atoms with Gasteiger partial charge in [0.2, 0.25) is 5.16 Å². The monoisotopic (exact) mass is 329 g/mol. The van der Waals surface area contributed by atoms with Gasteiger partial charge in [-0.05, 0) is 22.6 Å². The van der Waals surface area contributed by atoms with Crippen molar-refractivity contribution in [1.82, 2.24) is 20.2 Å². The number of rotatable bonds is 6. The van der Waals surface area contributed by atoms with Gasteiger partial charge in [0.25, 0.3) is 0 Å². The van der Waals surface area contributed by atoms with Crippen LogP contribution in [0.15, 0.2) is 29.4 Å². The molecule has 0 spiro atoms. The summed E-state index contributed by atoms with van der Waals surface area (Å²) >= 11 is 1.05. The van der Waals surface area contributed by atoms with E-state index in [1.165, 1.54) is 0 Å². The van der Waals surface area contributed by atoms with Gasteiger partial charge in [0.05, 0.1) is 12.2 Å². The molecule has 0 bridgehead atoms. The Kier molecular flexibility index (Phi) is 5.21. The maximum Gasteiger partial charge on any atom is 0.408 e. The van der Waals surface area contributed by atoms with Crippen LogP contribution in [0.1, 0.15) is 5.56 Å². The maximum atomic E-state index is 12.3. The van der Waals surface area contributed by atoms with Gasteiger partial charge >= 0.3 is 6.18 Å². The van der Waals surface area contributed by atoms with Crippen molar-refractivity contribution in [2.24, 2.45) is 0 Å². The fraction of sp³-hybridized carbons (Fsp3) is 0.333. The third-order valence-corrected chi connectivity index (χ3v) is 3.33. The van der Waals surface area contributed by atoms with Gasteiger partial charge in [-0.1, -0.05) is 23.9 Å². The Morgan fingerprint density at radius 3 is 2.82 bits per heavy atom. The molecule has 116 valence electrons. The van der Waals surface area contributed by atoms with E-state index in [1.807, 2.05) is 6.07 Å². The number of tetrazole rings is 1. The highest BCUT2D eigenvalue weighted by Gasteiger charge is 2.30. The van der Waals surface area contributed by atoms with E-state index in [4.69, 9.17) is 10.00 Å². The number of hydrogen-bond acceptors (Lipinski definition) is 6. The van der Waals surface area contributed by atoms with Crippen molar-refractivity contribution in [2.75, 3.05) is 12.4 Å². The van der Waals surface area contributed by atoms with E-state index >= 15 is 0 Å². The molecule has 10 heteroatoms. The number of benzene rings is 1. The van der Waals surface area contributed by atoms with E-state index in [2.05, 4.69) is 15.5 Å². The molecule has 0 saturated heterocycles. The van der Waals surface area contributed by atoms with Crippen molar-refractivity contribution in [3.63, 3.8) is 0 Å². The molecule has 6 nitrogen and oxygen atoms in total. The first kappa shape index (κ1) is 16.1. The van der Waals surface area contributed by atoms with E-state index in [0.717, 1.165) is 11.8 Å². The smallest absolute Gasteiger partial charge is 0.408 e. The number of halogens is 3. The first-order chi connectivity index (χ1) is 10.5. The number of nitriles is 1. The van der Waals surface area contributed by atoms with Crippen LogP contribution in [0.4, 0.5) is 13.2 Å². The van der Waals surface area contributed by atoms with Crippen molar-refractivity contribution in [3.8, 4) is 11.8 Å². The minimum Gasteiger partial charge on any atom is -0.491 e. The Hall–Kier alpha value is -2.28. The van der Waals surface area contributed by atoms with Gasteiger partial charge in [0.1, 0.15) is 18.4 Å². The minimum atomic E-state index is -4.38. The van der Waals surface area contributed by atoms with Gasteiger partial charge in [-0.2, -0.15) is 18.4 Å². The SMILES string of the molecule is N#Cc1ccccc1OCCSc1nnnn1CC(F)(F)F. The highest BCUT2D eigenvalue weighted by Crippen LogP contribution is 2.21. The fourth-order valence-corrected chi connectivity index (χ4v) is 2.23. The van der Waals surface area contributed by atoms with Crippen LogP contribution in [0, 0.1) is 11.3 Å². The molecule has 1 aromatic heterocycles. The number of para-hydroxylation sites is 1. The van der Waals surface area contributed by atoms with Gasteiger partial charge in [-0.15, -0.1) is 5.10 Å². The summed E-state index contributed by atoms with van der Waals surface area (Å²) in [6.45, 7) is -1.03. The Morgan fingerprint density at radius 1 is 1.32 bits per heavy atom. The third-order valence-electron chi connectivity index (χ3n) is 2.41. The fourth-order valence-electron chi connectivity index (χ4n) is 1.54. The van der Waals surface area contributed by atoms with E-state index in [1.54, 1.807) is 24.3 Å². The molecule has 0 aliphatic rings. The molecule has 2 aromatic rings. The molecule has 0 unspecified atom stereocenters. The molecule has 0 aliphatic heterocycles. The average molecular weight is 329 g/mol. The predicted molar refractivity (Wildman–Crippen MR) is 71.2 cm³/mol. The van der Waals surface area contributed by atoms with Gasteiger partial charge in [-0.3, -0.25) is 0 Å². The zero-order valence-electron chi connectivity index (χ0n) is 11.1. The van der Waals surface area contributed by atoms with Crippen LogP contribution in [-0.2, 0) is 6.54 Å². The summed E-state index contributed by atoms with van der Waals surface area (Å²) in [5.74, 6) is 0.776. The van der Waals surface area contributed by atoms with E-state index in [-0.39, 0.29) is 11.8 Å². The van der Waals surface area contributed by atoms with Crippen molar-refractivity contribution in [3.05, 3.63) is 29.8 Å². The summed E-state index contributed by atoms with van der Waals surface area (Å²) in [6.07, 6.45) is -4.38. The van der Waals surface area contributed by atoms with E-state index in [0.29, 0.717) is 21.7 Å². The largest absolute Gasteiger partial charge is 0.491 e. The number of nitrogens with zero attached hydrogens (tertiary/aromatic N) is 5. The Labute approximate surface area is 127 Å². The lowest BCUT2D eigenvalue weighted by atomic mass is 10.2. The standard InChI is InChI=1S/C12H10F3N5OS/c13-12(14,15)8-20-11(17-18-19-20)22-6-5-21-10-4-2-1-3-9(10)7-16/h1-4H,5-6,8H2. The summed E-state index contributed by atoms with van der Waals surface area (Å²) in [7, 11) is 0. The van der Waals surface area contributed by atoms with Crippen LogP contribution < -0.4 is 4.74 Å². The first-order valence-corrected chi connectivity index (χ1v) is 7.06. The van der Waals surface area contributed by atoms with Crippen LogP contribution in [0.2, 0.25) is 0 Å². The summed E-state index contributed by atoms with van der Waals surface area (Å²) in [5, 5.41) is 19.0. The average Bonchev–Trinajstić information content (AvgIpc) is 2.89. The molecule has 22 heavy (non-hydrogen) atoms. The Morgan fingerprint density at radius 2 is 2.09 bits per heavy atom. The molecule has 1 aromatic carbocycles. The second kappa shape index (κ2) is 7.13. The van der Waals surface area contributed by atoms with Gasteiger partial charge in [-0.25, -0.2) is 4.68 Å². The van der Waals surface area contributed by atoms with Crippen LogP contribution in [0.5, 0.6) is 5.75 Å². The van der Waals surface area contributed by atoms with Crippen molar-refractivity contribution < 1.29 is 17.9 Å². The molecule has 0 saturated carbocycles. The topological polar surface area (TPSA) is 76.6 Å². The normalized spacial score (nSPS) is 11.2. The lowest BCUT2D eigenvalue weighted by Gasteiger charge is -2.08. The second-order valence-corrected chi connectivity index (χ2v) is 5.10. The highest BCUT2D eigenvalue weighted by atomic mass is 32.2. The Bertz CT molecular complexity index is 667. The highest BCUT2D eigenvalue weighted by molar-refractivity contribution is 7.99. The molecule has 0 radical (unpaired) electrons. The molecular formula is C12H10F3N5OS. The number of hydrogen-bond donors (Lipinski definition) is 0. The van der Waals surface area contributed by atoms with Gasteiger partial charge < -0.3 is 4.74 Å². The second-order valence-electron chi connectivity index (χ2n) is 4.04. The zero-order chi connectivity index (χ0) is 16.0. The lowest BCUT2D eigenvalue weighted by Crippen LogP contribution is -2.19. The number of aromatic nitrogens is 4. The zero-order valence-corrected chi connectivity index (χ0v) is 11.9. The molecular weight excluding hydrogens is 319 g/mol. The van der Waals surface area contributed by atoms with Crippen LogP contribution >= 0.6 is 11.8 Å². The minimum absolute atomic E-state index is 0.0643. The van der Waals surface area contributed by atoms with Crippen LogP contribution in [0.25, 0.3) is 0 Å². The molecule has 0 atom stereocenters. The number of alkyl halides is 3. The predicted octanol–water partition coefficient (Wildman–Crippen LogP) is 2.28. The molecule has 2 rings (SSSR count). The third kappa shape index (κ3) is 4.63. The first-order valence-electron chi connectivity index (χ1n) is 6.07. The molecule has 0 fully saturated rings. The van der Waals surface area contributed by atoms with Gasteiger partial charge in [0, 0.05) is 5.75 Å². The molecule has 0 N–H and O–H groups in total. The molecule has 0 amide bonds.